The fraction of sp³-hybridized carbons (Fsp3) is 0.100. The van der Waals surface area contributed by atoms with Gasteiger partial charge in [-0.2, -0.15) is 0 Å². The molecular weight excluding hydrogens is 272 g/mol. The van der Waals surface area contributed by atoms with Gasteiger partial charge in [0.15, 0.2) is 0 Å². The summed E-state index contributed by atoms with van der Waals surface area (Å²) < 4.78 is 5.61. The van der Waals surface area contributed by atoms with Crippen LogP contribution < -0.4 is 0 Å². The van der Waals surface area contributed by atoms with Gasteiger partial charge in [-0.25, -0.2) is 0 Å². The second kappa shape index (κ2) is 9.37. The maximum Gasteiger partial charge on any atom is 0.115 e. The highest BCUT2D eigenvalue weighted by atomic mass is 16.5. The van der Waals surface area contributed by atoms with Gasteiger partial charge in [-0.3, -0.25) is 0 Å². The molecule has 0 amide bonds. The Hall–Kier alpha value is -2.58. The van der Waals surface area contributed by atoms with Gasteiger partial charge in [0.05, 0.1) is 13.2 Å². The van der Waals surface area contributed by atoms with Crippen molar-refractivity contribution in [3.63, 3.8) is 0 Å². The van der Waals surface area contributed by atoms with Crippen LogP contribution in [0.5, 0.6) is 5.75 Å². The molecular formula is C20H20O2. The molecule has 0 radical (unpaired) electrons. The Morgan fingerprint density at radius 3 is 1.23 bits per heavy atom. The number of hydrogen-bond acceptors (Lipinski definition) is 2. The highest BCUT2D eigenvalue weighted by molar-refractivity contribution is 5.18. The Labute approximate surface area is 131 Å². The summed E-state index contributed by atoms with van der Waals surface area (Å²) in [6, 6.07) is 29.2. The molecule has 0 saturated carbocycles. The number of hydrogen-bond donors (Lipinski definition) is 1. The van der Waals surface area contributed by atoms with Crippen molar-refractivity contribution in [2.24, 2.45) is 0 Å². The van der Waals surface area contributed by atoms with E-state index in [0.29, 0.717) is 19.0 Å². The average Bonchev–Trinajstić information content (AvgIpc) is 2.58. The van der Waals surface area contributed by atoms with Crippen LogP contribution >= 0.6 is 0 Å². The highest BCUT2D eigenvalue weighted by Gasteiger charge is 1.93. The van der Waals surface area contributed by atoms with Crippen LogP contribution in [0.3, 0.4) is 0 Å². The molecule has 3 rings (SSSR count). The Balaban J connectivity index is 0.000000211. The zero-order valence-electron chi connectivity index (χ0n) is 12.4. The highest BCUT2D eigenvalue weighted by Crippen LogP contribution is 2.05. The number of phenolic OH excluding ortho intramolecular Hbond substituents is 1. The van der Waals surface area contributed by atoms with Crippen LogP contribution in [0.2, 0.25) is 0 Å². The van der Waals surface area contributed by atoms with Crippen molar-refractivity contribution < 1.29 is 9.84 Å². The second-order valence-electron chi connectivity index (χ2n) is 4.80. The second-order valence-corrected chi connectivity index (χ2v) is 4.80. The van der Waals surface area contributed by atoms with Crippen molar-refractivity contribution in [3.8, 4) is 5.75 Å². The number of benzene rings is 3. The molecule has 2 heteroatoms. The summed E-state index contributed by atoms with van der Waals surface area (Å²) in [5.74, 6) is 0.322. The van der Waals surface area contributed by atoms with E-state index in [1.54, 1.807) is 24.3 Å². The van der Waals surface area contributed by atoms with E-state index in [4.69, 9.17) is 9.84 Å². The lowest BCUT2D eigenvalue weighted by Crippen LogP contribution is -1.93. The van der Waals surface area contributed by atoms with Crippen LogP contribution in [0.4, 0.5) is 0 Å². The van der Waals surface area contributed by atoms with E-state index in [2.05, 4.69) is 24.3 Å². The van der Waals surface area contributed by atoms with Gasteiger partial charge in [-0.15, -0.1) is 0 Å². The molecule has 22 heavy (non-hydrogen) atoms. The predicted octanol–water partition coefficient (Wildman–Crippen LogP) is 4.80. The van der Waals surface area contributed by atoms with E-state index in [1.165, 1.54) is 11.1 Å². The van der Waals surface area contributed by atoms with E-state index in [1.807, 2.05) is 42.5 Å². The molecule has 0 aliphatic rings. The first-order valence-electron chi connectivity index (χ1n) is 7.24. The summed E-state index contributed by atoms with van der Waals surface area (Å²) in [4.78, 5) is 0. The van der Waals surface area contributed by atoms with Crippen molar-refractivity contribution in [1.29, 1.82) is 0 Å². The molecule has 0 aliphatic carbocycles. The summed E-state index contributed by atoms with van der Waals surface area (Å²) in [7, 11) is 0. The molecule has 0 aromatic heterocycles. The number of phenols is 1. The van der Waals surface area contributed by atoms with Crippen molar-refractivity contribution >= 4 is 0 Å². The molecule has 3 aromatic carbocycles. The molecule has 2 nitrogen and oxygen atoms in total. The van der Waals surface area contributed by atoms with Crippen molar-refractivity contribution in [1.82, 2.24) is 0 Å². The summed E-state index contributed by atoms with van der Waals surface area (Å²) in [6.07, 6.45) is 0. The Kier molecular flexibility index (Phi) is 6.73. The first-order chi connectivity index (χ1) is 10.8. The van der Waals surface area contributed by atoms with Gasteiger partial charge < -0.3 is 9.84 Å². The molecule has 0 heterocycles. The fourth-order valence-corrected chi connectivity index (χ4v) is 1.86. The van der Waals surface area contributed by atoms with E-state index < -0.39 is 0 Å². The third-order valence-corrected chi connectivity index (χ3v) is 2.98. The van der Waals surface area contributed by atoms with Gasteiger partial charge >= 0.3 is 0 Å². The van der Waals surface area contributed by atoms with Gasteiger partial charge in [0, 0.05) is 0 Å². The van der Waals surface area contributed by atoms with Gasteiger partial charge in [0.2, 0.25) is 0 Å². The first kappa shape index (κ1) is 15.8. The number of ether oxygens (including phenoxy) is 1. The minimum Gasteiger partial charge on any atom is -0.508 e. The van der Waals surface area contributed by atoms with Gasteiger partial charge in [0.1, 0.15) is 5.75 Å². The van der Waals surface area contributed by atoms with Crippen molar-refractivity contribution in [2.75, 3.05) is 0 Å². The van der Waals surface area contributed by atoms with Crippen LogP contribution in [-0.4, -0.2) is 5.11 Å². The van der Waals surface area contributed by atoms with Gasteiger partial charge in [0.25, 0.3) is 0 Å². The van der Waals surface area contributed by atoms with Crippen LogP contribution in [0.25, 0.3) is 0 Å². The van der Waals surface area contributed by atoms with Crippen molar-refractivity contribution in [2.45, 2.75) is 13.2 Å². The molecule has 0 aliphatic heterocycles. The predicted molar refractivity (Wildman–Crippen MR) is 89.5 cm³/mol. The normalized spacial score (nSPS) is 9.64. The minimum absolute atomic E-state index is 0.322. The molecule has 0 spiro atoms. The largest absolute Gasteiger partial charge is 0.508 e. The van der Waals surface area contributed by atoms with Crippen LogP contribution in [-0.2, 0) is 18.0 Å². The standard InChI is InChI=1S/C14H14O.C6H6O/c1-3-7-13(8-4-1)11-15-12-14-9-5-2-6-10-14;7-6-4-2-1-3-5-6/h1-10H,11-12H2;1-5,7H. The lowest BCUT2D eigenvalue weighted by molar-refractivity contribution is 0.107. The van der Waals surface area contributed by atoms with E-state index in [9.17, 15) is 0 Å². The Morgan fingerprint density at radius 2 is 0.909 bits per heavy atom. The van der Waals surface area contributed by atoms with E-state index in [0.717, 1.165) is 0 Å². The minimum atomic E-state index is 0.322. The van der Waals surface area contributed by atoms with Crippen LogP contribution in [0, 0.1) is 0 Å². The number of aromatic hydroxyl groups is 1. The zero-order valence-corrected chi connectivity index (χ0v) is 12.4. The third-order valence-electron chi connectivity index (χ3n) is 2.98. The van der Waals surface area contributed by atoms with E-state index >= 15 is 0 Å². The van der Waals surface area contributed by atoms with Gasteiger partial charge in [-0.1, -0.05) is 78.9 Å². The molecule has 0 atom stereocenters. The first-order valence-corrected chi connectivity index (χ1v) is 7.24. The lowest BCUT2D eigenvalue weighted by Gasteiger charge is -2.03. The molecule has 1 N–H and O–H groups in total. The summed E-state index contributed by atoms with van der Waals surface area (Å²) in [6.45, 7) is 1.35. The van der Waals surface area contributed by atoms with Crippen LogP contribution in [0.1, 0.15) is 11.1 Å². The topological polar surface area (TPSA) is 29.5 Å². The molecule has 0 fully saturated rings. The fourth-order valence-electron chi connectivity index (χ4n) is 1.86. The maximum absolute atomic E-state index is 8.63. The quantitative estimate of drug-likeness (QED) is 0.748. The maximum atomic E-state index is 8.63. The molecule has 0 saturated heterocycles. The summed E-state index contributed by atoms with van der Waals surface area (Å²) >= 11 is 0. The molecule has 3 aromatic rings. The average molecular weight is 292 g/mol. The van der Waals surface area contributed by atoms with E-state index in [-0.39, 0.29) is 0 Å². The SMILES string of the molecule is Oc1ccccc1.c1ccc(COCc2ccccc2)cc1. The monoisotopic (exact) mass is 292 g/mol. The lowest BCUT2D eigenvalue weighted by atomic mass is 10.2. The molecule has 0 unspecified atom stereocenters. The smallest absolute Gasteiger partial charge is 0.115 e. The van der Waals surface area contributed by atoms with Gasteiger partial charge in [-0.05, 0) is 23.3 Å². The number of rotatable bonds is 4. The zero-order chi connectivity index (χ0) is 15.5. The molecule has 112 valence electrons. The summed E-state index contributed by atoms with van der Waals surface area (Å²) in [5.41, 5.74) is 2.43. The van der Waals surface area contributed by atoms with Crippen molar-refractivity contribution in [3.05, 3.63) is 102 Å². The molecule has 0 bridgehead atoms. The Morgan fingerprint density at radius 1 is 0.545 bits per heavy atom. The Bertz CT molecular complexity index is 582. The van der Waals surface area contributed by atoms with Crippen LogP contribution in [0.15, 0.2) is 91.0 Å². The third kappa shape index (κ3) is 6.25. The summed E-state index contributed by atoms with van der Waals surface area (Å²) in [5, 5.41) is 8.63. The number of para-hydroxylation sites is 1.